The van der Waals surface area contributed by atoms with Crippen LogP contribution in [0.2, 0.25) is 0 Å². The summed E-state index contributed by atoms with van der Waals surface area (Å²) >= 11 is 0. The van der Waals surface area contributed by atoms with Crippen molar-refractivity contribution in [1.29, 1.82) is 0 Å². The number of benzene rings is 1. The Bertz CT molecular complexity index is 500. The molecular formula is C13H19O3P. The van der Waals surface area contributed by atoms with E-state index in [0.29, 0.717) is 0 Å². The Morgan fingerprint density at radius 1 is 1.24 bits per heavy atom. The average molecular weight is 254 g/mol. The number of hydrogen-bond donors (Lipinski definition) is 0. The minimum atomic E-state index is -3.42. The Morgan fingerprint density at radius 2 is 1.82 bits per heavy atom. The second kappa shape index (κ2) is 6.48. The van der Waals surface area contributed by atoms with E-state index in [1.807, 2.05) is 42.5 Å². The molecule has 1 aromatic rings. The van der Waals surface area contributed by atoms with Crippen molar-refractivity contribution in [2.24, 2.45) is 0 Å². The first-order valence-electron chi connectivity index (χ1n) is 4.79. The summed E-state index contributed by atoms with van der Waals surface area (Å²) in [5.74, 6) is 0. The average Bonchev–Trinajstić information content (AvgIpc) is 2.31. The molecule has 0 fully saturated rings. The topological polar surface area (TPSA) is 35.5 Å². The molecule has 0 aliphatic carbocycles. The highest BCUT2D eigenvalue weighted by Crippen LogP contribution is 2.47. The van der Waals surface area contributed by atoms with Gasteiger partial charge < -0.3 is 9.05 Å². The molecule has 0 radical (unpaired) electrons. The van der Waals surface area contributed by atoms with Crippen LogP contribution in [0.15, 0.2) is 36.4 Å². The molecular weight excluding hydrogens is 235 g/mol. The van der Waals surface area contributed by atoms with E-state index < -0.39 is 7.60 Å². The molecule has 0 aliphatic rings. The van der Waals surface area contributed by atoms with E-state index in [1.165, 1.54) is 0 Å². The van der Waals surface area contributed by atoms with Gasteiger partial charge in [0.15, 0.2) is 0 Å². The van der Waals surface area contributed by atoms with Crippen molar-refractivity contribution < 1.29 is 19.3 Å². The van der Waals surface area contributed by atoms with Gasteiger partial charge in [-0.15, -0.1) is 0 Å². The zero-order chi connectivity index (χ0) is 12.6. The van der Waals surface area contributed by atoms with Gasteiger partial charge in [-0.3, -0.25) is 0 Å². The maximum atomic E-state index is 11.8. The number of rotatable bonds is 5. The van der Waals surface area contributed by atoms with E-state index >= 15 is 0 Å². The van der Waals surface area contributed by atoms with Crippen molar-refractivity contribution >= 4 is 13.7 Å². The van der Waals surface area contributed by atoms with Gasteiger partial charge in [0.1, 0.15) is 12.2 Å². The van der Waals surface area contributed by atoms with Crippen LogP contribution in [0.1, 0.15) is 11.3 Å². The third-order valence-corrected chi connectivity index (χ3v) is 3.25. The van der Waals surface area contributed by atoms with Crippen LogP contribution in [0, 0.1) is 25.1 Å². The second-order valence-corrected chi connectivity index (χ2v) is 4.98. The maximum Gasteiger partial charge on any atom is 0.450 e. The summed E-state index contributed by atoms with van der Waals surface area (Å²) in [6.07, 6.45) is 16.9. The highest BCUT2D eigenvalue weighted by Gasteiger charge is 2.23. The fraction of sp³-hybridized carbons (Fsp3) is 0.0769. The molecule has 0 aromatic heterocycles. The second-order valence-electron chi connectivity index (χ2n) is 3.02. The monoisotopic (exact) mass is 254 g/mol. The van der Waals surface area contributed by atoms with E-state index in [1.54, 1.807) is 12.2 Å². The van der Waals surface area contributed by atoms with Gasteiger partial charge in [0.05, 0.1) is 6.16 Å². The first-order chi connectivity index (χ1) is 8.20. The fourth-order valence-corrected chi connectivity index (χ4v) is 2.01. The zero-order valence-corrected chi connectivity index (χ0v) is 9.97. The van der Waals surface area contributed by atoms with Gasteiger partial charge in [-0.25, -0.2) is 4.57 Å². The third-order valence-electron chi connectivity index (χ3n) is 1.82. The number of terminal acetylenes is 2. The molecule has 0 heterocycles. The Labute approximate surface area is 107 Å². The van der Waals surface area contributed by atoms with Crippen molar-refractivity contribution in [2.75, 3.05) is 6.16 Å². The fourth-order valence-electron chi connectivity index (χ4n) is 1.14. The van der Waals surface area contributed by atoms with Crippen molar-refractivity contribution in [3.63, 3.8) is 0 Å². The van der Waals surface area contributed by atoms with E-state index in [-0.39, 0.29) is 11.9 Å². The van der Waals surface area contributed by atoms with Crippen molar-refractivity contribution in [3.05, 3.63) is 42.0 Å². The van der Waals surface area contributed by atoms with Crippen LogP contribution in [0.3, 0.4) is 0 Å². The molecule has 0 aliphatic heterocycles. The van der Waals surface area contributed by atoms with Crippen molar-refractivity contribution in [3.8, 4) is 25.1 Å². The minimum Gasteiger partial charge on any atom is -0.362 e. The zero-order valence-electron chi connectivity index (χ0n) is 9.08. The molecule has 4 heteroatoms. The van der Waals surface area contributed by atoms with Gasteiger partial charge in [0.2, 0.25) is 0 Å². The molecule has 0 amide bonds. The van der Waals surface area contributed by atoms with Crippen LogP contribution >= 0.6 is 7.60 Å². The Hall–Kier alpha value is -2.09. The van der Waals surface area contributed by atoms with Crippen LogP contribution in [0.4, 0.5) is 0 Å². The molecule has 3 nitrogen and oxygen atoms in total. The van der Waals surface area contributed by atoms with Gasteiger partial charge in [0.25, 0.3) is 0 Å². The van der Waals surface area contributed by atoms with Gasteiger partial charge in [-0.05, 0) is 5.56 Å². The van der Waals surface area contributed by atoms with Gasteiger partial charge >= 0.3 is 7.60 Å². The molecule has 1 aromatic carbocycles. The first-order valence-corrected chi connectivity index (χ1v) is 6.52. The lowest BCUT2D eigenvalue weighted by atomic mass is 10.2. The Morgan fingerprint density at radius 3 is 2.35 bits per heavy atom. The quantitative estimate of drug-likeness (QED) is 0.586. The molecule has 17 heavy (non-hydrogen) atoms. The highest BCUT2D eigenvalue weighted by molar-refractivity contribution is 7.54. The summed E-state index contributed by atoms with van der Waals surface area (Å²) in [7, 11) is -3.42. The molecule has 0 unspecified atom stereocenters. The molecule has 0 N–H and O–H groups in total. The lowest BCUT2D eigenvalue weighted by molar-refractivity contribution is 0.358. The maximum absolute atomic E-state index is 11.8. The van der Waals surface area contributed by atoms with E-state index in [0.717, 1.165) is 5.56 Å². The van der Waals surface area contributed by atoms with E-state index in [4.69, 9.17) is 12.8 Å². The summed E-state index contributed by atoms with van der Waals surface area (Å²) in [5, 5.41) is 0. The normalized spacial score (nSPS) is 10.5. The lowest BCUT2D eigenvalue weighted by Gasteiger charge is -2.08. The van der Waals surface area contributed by atoms with Crippen LogP contribution in [-0.2, 0) is 13.6 Å². The smallest absolute Gasteiger partial charge is 0.362 e. The van der Waals surface area contributed by atoms with Gasteiger partial charge in [-0.2, -0.15) is 0 Å². The van der Waals surface area contributed by atoms with Crippen LogP contribution < -0.4 is 0 Å². The van der Waals surface area contributed by atoms with Crippen molar-refractivity contribution in [2.45, 2.75) is 0 Å². The van der Waals surface area contributed by atoms with Crippen LogP contribution in [-0.4, -0.2) is 6.16 Å². The summed E-state index contributed by atoms with van der Waals surface area (Å²) in [4.78, 5) is 0. The third kappa shape index (κ3) is 4.51. The molecule has 0 saturated carbocycles. The standard InChI is InChI=1S/C13H11O3P.4H2/c1-3-15-17(14,16-4-2)12-8-11-13-9-6-5-7-10-13;;;;/h1-2,5-11H,12H2;4*1H/b11-8+;;;;. The summed E-state index contributed by atoms with van der Waals surface area (Å²) < 4.78 is 21.0. The SMILES string of the molecule is C#COP(=O)(C/C=C/c1ccccc1)OC#C.[HH].[HH].[HH].[HH]. The molecule has 94 valence electrons. The predicted octanol–water partition coefficient (Wildman–Crippen LogP) is 4.09. The van der Waals surface area contributed by atoms with Crippen LogP contribution in [0.25, 0.3) is 6.08 Å². The van der Waals surface area contributed by atoms with Gasteiger partial charge in [-0.1, -0.05) is 55.3 Å². The lowest BCUT2D eigenvalue weighted by Crippen LogP contribution is -1.90. The Kier molecular flexibility index (Phi) is 4.95. The summed E-state index contributed by atoms with van der Waals surface area (Å²) in [5.41, 5.74) is 0.973. The van der Waals surface area contributed by atoms with E-state index in [9.17, 15) is 4.57 Å². The molecule has 1 rings (SSSR count). The summed E-state index contributed by atoms with van der Waals surface area (Å²) in [6, 6.07) is 9.52. The molecule has 0 saturated heterocycles. The number of hydrogen-bond acceptors (Lipinski definition) is 3. The Balaban J connectivity index is -0.000000361. The molecule has 0 spiro atoms. The molecule has 0 bridgehead atoms. The predicted molar refractivity (Wildman–Crippen MR) is 76.2 cm³/mol. The molecule has 0 atom stereocenters. The largest absolute Gasteiger partial charge is 0.450 e. The highest BCUT2D eigenvalue weighted by atomic mass is 31.2. The summed E-state index contributed by atoms with van der Waals surface area (Å²) in [6.45, 7) is 0. The van der Waals surface area contributed by atoms with Gasteiger partial charge in [0, 0.05) is 5.71 Å². The van der Waals surface area contributed by atoms with E-state index in [2.05, 4.69) is 9.05 Å². The van der Waals surface area contributed by atoms with Crippen molar-refractivity contribution in [1.82, 2.24) is 0 Å². The first kappa shape index (κ1) is 13.0. The number of allylic oxidation sites excluding steroid dienone is 1. The minimum absolute atomic E-state index is 0. The van der Waals surface area contributed by atoms with Crippen LogP contribution in [0.5, 0.6) is 0 Å².